The second-order valence-electron chi connectivity index (χ2n) is 7.20. The predicted octanol–water partition coefficient (Wildman–Crippen LogP) is 4.19. The van der Waals surface area contributed by atoms with Crippen molar-refractivity contribution in [2.75, 3.05) is 26.7 Å². The molecule has 2 N–H and O–H groups in total. The van der Waals surface area contributed by atoms with Gasteiger partial charge in [-0.25, -0.2) is 9.37 Å². The fourth-order valence-corrected chi connectivity index (χ4v) is 3.09. The van der Waals surface area contributed by atoms with E-state index in [1.165, 1.54) is 12.1 Å². The van der Waals surface area contributed by atoms with Gasteiger partial charge in [0.05, 0.1) is 0 Å². The van der Waals surface area contributed by atoms with Gasteiger partial charge in [-0.2, -0.15) is 0 Å². The molecule has 0 aliphatic rings. The Kier molecular flexibility index (Phi) is 10.1. The highest BCUT2D eigenvalue weighted by atomic mass is 19.1. The molecule has 0 fully saturated rings. The van der Waals surface area contributed by atoms with Crippen LogP contribution in [0.1, 0.15) is 39.2 Å². The molecule has 1 aromatic heterocycles. The van der Waals surface area contributed by atoms with Gasteiger partial charge in [0.1, 0.15) is 11.6 Å². The van der Waals surface area contributed by atoms with Crippen molar-refractivity contribution in [1.29, 1.82) is 0 Å². The zero-order valence-corrected chi connectivity index (χ0v) is 18.5. The molecule has 0 saturated carbocycles. The smallest absolute Gasteiger partial charge is 0.219 e. The number of nitrogens with one attached hydrogen (secondary N) is 2. The van der Waals surface area contributed by atoms with E-state index in [0.717, 1.165) is 44.0 Å². The van der Waals surface area contributed by atoms with Crippen molar-refractivity contribution in [3.63, 3.8) is 0 Å². The van der Waals surface area contributed by atoms with Gasteiger partial charge in [-0.15, -0.1) is 0 Å². The minimum Gasteiger partial charge on any atom is -0.439 e. The van der Waals surface area contributed by atoms with Crippen molar-refractivity contribution in [2.24, 2.45) is 4.99 Å². The van der Waals surface area contributed by atoms with Crippen LogP contribution in [-0.2, 0) is 6.54 Å². The molecule has 2 rings (SSSR count). The maximum Gasteiger partial charge on any atom is 0.219 e. The van der Waals surface area contributed by atoms with E-state index < -0.39 is 0 Å². The summed E-state index contributed by atoms with van der Waals surface area (Å²) in [4.78, 5) is 11.0. The predicted molar refractivity (Wildman–Crippen MR) is 121 cm³/mol. The first-order valence-electron chi connectivity index (χ1n) is 10.6. The number of aromatic nitrogens is 1. The van der Waals surface area contributed by atoms with Gasteiger partial charge in [0.15, 0.2) is 5.96 Å². The largest absolute Gasteiger partial charge is 0.439 e. The molecule has 7 heteroatoms. The van der Waals surface area contributed by atoms with Crippen LogP contribution in [0.4, 0.5) is 4.39 Å². The van der Waals surface area contributed by atoms with E-state index >= 15 is 0 Å². The average Bonchev–Trinajstić information content (AvgIpc) is 2.76. The van der Waals surface area contributed by atoms with Crippen molar-refractivity contribution in [2.45, 2.75) is 46.2 Å². The summed E-state index contributed by atoms with van der Waals surface area (Å²) in [5.74, 6) is 1.48. The number of ether oxygens (including phenoxy) is 1. The lowest BCUT2D eigenvalue weighted by molar-refractivity contribution is 0.292. The number of rotatable bonds is 11. The average molecular weight is 416 g/mol. The topological polar surface area (TPSA) is 61.8 Å². The maximum absolute atomic E-state index is 13.0. The molecule has 164 valence electrons. The molecule has 0 bridgehead atoms. The van der Waals surface area contributed by atoms with Gasteiger partial charge in [0.25, 0.3) is 0 Å². The second kappa shape index (κ2) is 12.8. The van der Waals surface area contributed by atoms with Gasteiger partial charge in [-0.1, -0.05) is 13.8 Å². The van der Waals surface area contributed by atoms with E-state index in [9.17, 15) is 4.39 Å². The number of halogens is 1. The summed E-state index contributed by atoms with van der Waals surface area (Å²) in [6.45, 7) is 10.5. The lowest BCUT2D eigenvalue weighted by Crippen LogP contribution is -2.42. The lowest BCUT2D eigenvalue weighted by Gasteiger charge is -2.21. The monoisotopic (exact) mass is 415 g/mol. The van der Waals surface area contributed by atoms with E-state index in [-0.39, 0.29) is 5.82 Å². The molecule has 1 heterocycles. The van der Waals surface area contributed by atoms with Crippen LogP contribution in [0.3, 0.4) is 0 Å². The maximum atomic E-state index is 13.0. The van der Waals surface area contributed by atoms with Crippen molar-refractivity contribution in [3.05, 3.63) is 54.0 Å². The third-order valence-corrected chi connectivity index (χ3v) is 4.91. The minimum absolute atomic E-state index is 0.297. The quantitative estimate of drug-likeness (QED) is 0.426. The Morgan fingerprint density at radius 2 is 1.93 bits per heavy atom. The highest BCUT2D eigenvalue weighted by Crippen LogP contribution is 2.20. The SMILES string of the molecule is CCN(CC)CCCC(C)NC(=NC)NCc1ccnc(Oc2ccc(F)cc2)c1. The van der Waals surface area contributed by atoms with E-state index in [0.29, 0.717) is 24.2 Å². The van der Waals surface area contributed by atoms with Crippen molar-refractivity contribution in [3.8, 4) is 11.6 Å². The third-order valence-electron chi connectivity index (χ3n) is 4.91. The van der Waals surface area contributed by atoms with Crippen LogP contribution in [0, 0.1) is 5.82 Å². The molecule has 2 aromatic rings. The van der Waals surface area contributed by atoms with Crippen molar-refractivity contribution in [1.82, 2.24) is 20.5 Å². The zero-order chi connectivity index (χ0) is 21.8. The first-order valence-corrected chi connectivity index (χ1v) is 10.6. The lowest BCUT2D eigenvalue weighted by atomic mass is 10.2. The number of aliphatic imine (C=N–C) groups is 1. The molecule has 6 nitrogen and oxygen atoms in total. The molecule has 0 aliphatic heterocycles. The number of nitrogens with zero attached hydrogens (tertiary/aromatic N) is 3. The molecule has 0 aliphatic carbocycles. The number of benzene rings is 1. The van der Waals surface area contributed by atoms with Crippen LogP contribution in [-0.4, -0.2) is 48.6 Å². The van der Waals surface area contributed by atoms with Crippen LogP contribution in [0.15, 0.2) is 47.6 Å². The van der Waals surface area contributed by atoms with Gasteiger partial charge in [-0.3, -0.25) is 4.99 Å². The van der Waals surface area contributed by atoms with Crippen LogP contribution in [0.25, 0.3) is 0 Å². The third kappa shape index (κ3) is 8.37. The summed E-state index contributed by atoms with van der Waals surface area (Å²) in [6.07, 6.45) is 3.94. The summed E-state index contributed by atoms with van der Waals surface area (Å²) in [7, 11) is 1.77. The van der Waals surface area contributed by atoms with Crippen molar-refractivity contribution >= 4 is 5.96 Å². The Hall–Kier alpha value is -2.67. The highest BCUT2D eigenvalue weighted by molar-refractivity contribution is 5.79. The standard InChI is InChI=1S/C23H34FN5O/c1-5-29(6-2)15-7-8-18(3)28-23(25-4)27-17-19-13-14-26-22(16-19)30-21-11-9-20(24)10-12-21/h9-14,16,18H,5-8,15,17H2,1-4H3,(H2,25,27,28). The fourth-order valence-electron chi connectivity index (χ4n) is 3.09. The summed E-state index contributed by atoms with van der Waals surface area (Å²) in [6, 6.07) is 9.99. The molecule has 0 radical (unpaired) electrons. The number of hydrogen-bond donors (Lipinski definition) is 2. The Bertz CT molecular complexity index is 777. The number of pyridine rings is 1. The van der Waals surface area contributed by atoms with Crippen molar-refractivity contribution < 1.29 is 9.13 Å². The van der Waals surface area contributed by atoms with E-state index in [1.54, 1.807) is 25.4 Å². The molecule has 1 unspecified atom stereocenters. The first-order chi connectivity index (χ1) is 14.5. The Balaban J connectivity index is 1.80. The minimum atomic E-state index is -0.297. The van der Waals surface area contributed by atoms with Gasteiger partial charge in [0.2, 0.25) is 5.88 Å². The van der Waals surface area contributed by atoms with Crippen LogP contribution in [0.2, 0.25) is 0 Å². The summed E-state index contributed by atoms with van der Waals surface area (Å²) in [5.41, 5.74) is 1.01. The van der Waals surface area contributed by atoms with Crippen LogP contribution < -0.4 is 15.4 Å². The number of hydrogen-bond acceptors (Lipinski definition) is 4. The highest BCUT2D eigenvalue weighted by Gasteiger charge is 2.07. The zero-order valence-electron chi connectivity index (χ0n) is 18.5. The molecule has 1 aromatic carbocycles. The Morgan fingerprint density at radius 1 is 1.20 bits per heavy atom. The van der Waals surface area contributed by atoms with Gasteiger partial charge >= 0.3 is 0 Å². The first kappa shape index (κ1) is 23.6. The normalized spacial score (nSPS) is 12.7. The fraction of sp³-hybridized carbons (Fsp3) is 0.478. The van der Waals surface area contributed by atoms with E-state index in [4.69, 9.17) is 4.74 Å². The molecule has 0 saturated heterocycles. The Morgan fingerprint density at radius 3 is 2.60 bits per heavy atom. The summed E-state index contributed by atoms with van der Waals surface area (Å²) < 4.78 is 18.7. The van der Waals surface area contributed by atoms with E-state index in [1.807, 2.05) is 12.1 Å². The molecule has 0 spiro atoms. The van der Waals surface area contributed by atoms with Gasteiger partial charge in [-0.05, 0) is 75.3 Å². The van der Waals surface area contributed by atoms with Gasteiger partial charge in [0, 0.05) is 31.9 Å². The molecular weight excluding hydrogens is 381 g/mol. The second-order valence-corrected chi connectivity index (χ2v) is 7.20. The summed E-state index contributed by atoms with van der Waals surface area (Å²) in [5, 5.41) is 6.78. The van der Waals surface area contributed by atoms with Crippen LogP contribution in [0.5, 0.6) is 11.6 Å². The Labute approximate surface area is 179 Å². The molecule has 30 heavy (non-hydrogen) atoms. The molecule has 0 amide bonds. The molecule has 1 atom stereocenters. The van der Waals surface area contributed by atoms with E-state index in [2.05, 4.69) is 46.3 Å². The molecular formula is C23H34FN5O. The van der Waals surface area contributed by atoms with Crippen LogP contribution >= 0.6 is 0 Å². The number of guanidine groups is 1. The van der Waals surface area contributed by atoms with Gasteiger partial charge < -0.3 is 20.3 Å². The summed E-state index contributed by atoms with van der Waals surface area (Å²) >= 11 is 0.